The summed E-state index contributed by atoms with van der Waals surface area (Å²) in [7, 11) is 0. The van der Waals surface area contributed by atoms with Gasteiger partial charge in [-0.25, -0.2) is 0 Å². The van der Waals surface area contributed by atoms with Gasteiger partial charge >= 0.3 is 0 Å². The molecule has 0 bridgehead atoms. The molecule has 5 heteroatoms. The van der Waals surface area contributed by atoms with Crippen LogP contribution in [0.25, 0.3) is 0 Å². The predicted octanol–water partition coefficient (Wildman–Crippen LogP) is 2.64. The molecule has 0 heterocycles. The van der Waals surface area contributed by atoms with E-state index >= 15 is 0 Å². The fourth-order valence-corrected chi connectivity index (χ4v) is 2.11. The maximum atomic E-state index is 11.8. The smallest absolute Gasteiger partial charge is 0.227 e. The molecule has 1 aromatic carbocycles. The van der Waals surface area contributed by atoms with Gasteiger partial charge in [0.05, 0.1) is 5.75 Å². The van der Waals surface area contributed by atoms with Crippen LogP contribution < -0.4 is 11.1 Å². The van der Waals surface area contributed by atoms with E-state index in [1.165, 1.54) is 11.8 Å². The molecule has 0 aliphatic rings. The molecule has 0 fully saturated rings. The van der Waals surface area contributed by atoms with Gasteiger partial charge in [-0.05, 0) is 29.7 Å². The molecule has 0 aromatic heterocycles. The molecule has 0 aliphatic carbocycles. The third-order valence-corrected chi connectivity index (χ3v) is 3.24. The van der Waals surface area contributed by atoms with Gasteiger partial charge in [0.1, 0.15) is 0 Å². The van der Waals surface area contributed by atoms with Crippen LogP contribution >= 0.6 is 11.8 Å². The number of hydrogen-bond acceptors (Lipinski definition) is 3. The third kappa shape index (κ3) is 6.86. The molecular weight excluding hydrogens is 260 g/mol. The van der Waals surface area contributed by atoms with Crippen molar-refractivity contribution in [2.75, 3.05) is 11.1 Å². The molecule has 0 atom stereocenters. The van der Waals surface area contributed by atoms with Crippen molar-refractivity contribution >= 4 is 29.3 Å². The van der Waals surface area contributed by atoms with E-state index in [1.807, 2.05) is 45.0 Å². The monoisotopic (exact) mass is 280 g/mol. The van der Waals surface area contributed by atoms with Crippen LogP contribution in [-0.4, -0.2) is 17.6 Å². The zero-order valence-corrected chi connectivity index (χ0v) is 12.3. The normalized spacial score (nSPS) is 11.1. The maximum Gasteiger partial charge on any atom is 0.227 e. The number of anilines is 1. The van der Waals surface area contributed by atoms with Crippen molar-refractivity contribution in [3.63, 3.8) is 0 Å². The highest BCUT2D eigenvalue weighted by Crippen LogP contribution is 2.22. The zero-order chi connectivity index (χ0) is 14.5. The Bertz CT molecular complexity index is 450. The highest BCUT2D eigenvalue weighted by atomic mass is 32.2. The van der Waals surface area contributed by atoms with E-state index in [9.17, 15) is 9.59 Å². The summed E-state index contributed by atoms with van der Waals surface area (Å²) in [6.07, 6.45) is 0.477. The topological polar surface area (TPSA) is 72.2 Å². The van der Waals surface area contributed by atoms with Gasteiger partial charge < -0.3 is 11.1 Å². The summed E-state index contributed by atoms with van der Waals surface area (Å²) in [5, 5.41) is 2.85. The molecule has 0 aliphatic heterocycles. The first-order chi connectivity index (χ1) is 8.76. The van der Waals surface area contributed by atoms with Crippen molar-refractivity contribution in [1.29, 1.82) is 0 Å². The Morgan fingerprint density at radius 3 is 2.26 bits per heavy atom. The number of carbonyl (C=O) groups is 2. The Morgan fingerprint density at radius 2 is 1.79 bits per heavy atom. The summed E-state index contributed by atoms with van der Waals surface area (Å²) >= 11 is 1.38. The molecule has 0 radical (unpaired) electrons. The SMILES string of the molecule is CC(C)(C)CC(=O)Nc1ccc(SCC(N)=O)cc1. The lowest BCUT2D eigenvalue weighted by atomic mass is 9.92. The van der Waals surface area contributed by atoms with Crippen molar-refractivity contribution in [3.05, 3.63) is 24.3 Å². The average molecular weight is 280 g/mol. The molecular formula is C14H20N2O2S. The van der Waals surface area contributed by atoms with Crippen molar-refractivity contribution in [3.8, 4) is 0 Å². The first kappa shape index (κ1) is 15.6. The number of nitrogens with two attached hydrogens (primary N) is 1. The fourth-order valence-electron chi connectivity index (χ4n) is 1.48. The maximum absolute atomic E-state index is 11.8. The molecule has 0 unspecified atom stereocenters. The van der Waals surface area contributed by atoms with Gasteiger partial charge in [-0.2, -0.15) is 0 Å². The number of hydrogen-bond donors (Lipinski definition) is 2. The Hall–Kier alpha value is -1.49. The van der Waals surface area contributed by atoms with Crippen LogP contribution in [0.2, 0.25) is 0 Å². The summed E-state index contributed by atoms with van der Waals surface area (Å²) < 4.78 is 0. The second kappa shape index (κ2) is 6.61. The Balaban J connectivity index is 2.52. The minimum atomic E-state index is -0.340. The van der Waals surface area contributed by atoms with Gasteiger partial charge in [0.2, 0.25) is 11.8 Å². The number of carbonyl (C=O) groups excluding carboxylic acids is 2. The Kier molecular flexibility index (Phi) is 5.42. The first-order valence-electron chi connectivity index (χ1n) is 6.07. The zero-order valence-electron chi connectivity index (χ0n) is 11.5. The Morgan fingerprint density at radius 1 is 1.21 bits per heavy atom. The van der Waals surface area contributed by atoms with E-state index in [-0.39, 0.29) is 23.0 Å². The molecule has 0 saturated heterocycles. The van der Waals surface area contributed by atoms with Crippen LogP contribution in [0.3, 0.4) is 0 Å². The predicted molar refractivity (Wildman–Crippen MR) is 79.1 cm³/mol. The second-order valence-electron chi connectivity index (χ2n) is 5.56. The van der Waals surface area contributed by atoms with E-state index in [1.54, 1.807) is 0 Å². The average Bonchev–Trinajstić information content (AvgIpc) is 2.25. The fraction of sp³-hybridized carbons (Fsp3) is 0.429. The van der Waals surface area contributed by atoms with Gasteiger partial charge in [0, 0.05) is 17.0 Å². The molecule has 1 aromatic rings. The molecule has 4 nitrogen and oxygen atoms in total. The van der Waals surface area contributed by atoms with Crippen LogP contribution in [0, 0.1) is 5.41 Å². The summed E-state index contributed by atoms with van der Waals surface area (Å²) in [6.45, 7) is 6.07. The first-order valence-corrected chi connectivity index (χ1v) is 7.06. The van der Waals surface area contributed by atoms with Crippen LogP contribution in [0.15, 0.2) is 29.2 Å². The van der Waals surface area contributed by atoms with E-state index in [0.717, 1.165) is 10.6 Å². The van der Waals surface area contributed by atoms with Gasteiger partial charge in [-0.3, -0.25) is 9.59 Å². The summed E-state index contributed by atoms with van der Waals surface area (Å²) in [5.41, 5.74) is 5.81. The van der Waals surface area contributed by atoms with Crippen LogP contribution in [-0.2, 0) is 9.59 Å². The van der Waals surface area contributed by atoms with E-state index < -0.39 is 0 Å². The lowest BCUT2D eigenvalue weighted by molar-refractivity contribution is -0.118. The lowest BCUT2D eigenvalue weighted by Gasteiger charge is -2.17. The second-order valence-corrected chi connectivity index (χ2v) is 6.61. The minimum Gasteiger partial charge on any atom is -0.369 e. The van der Waals surface area contributed by atoms with Crippen LogP contribution in [0.1, 0.15) is 27.2 Å². The number of rotatable bonds is 5. The molecule has 0 saturated carbocycles. The van der Waals surface area contributed by atoms with E-state index in [2.05, 4.69) is 5.32 Å². The summed E-state index contributed by atoms with van der Waals surface area (Å²) in [5.74, 6) is -0.0759. The minimum absolute atomic E-state index is 0.00467. The number of primary amides is 1. The highest BCUT2D eigenvalue weighted by molar-refractivity contribution is 8.00. The number of nitrogens with one attached hydrogen (secondary N) is 1. The van der Waals surface area contributed by atoms with Crippen LogP contribution in [0.5, 0.6) is 0 Å². The number of thioether (sulfide) groups is 1. The molecule has 0 spiro atoms. The number of benzene rings is 1. The number of amides is 2. The van der Waals surface area contributed by atoms with Crippen molar-refractivity contribution < 1.29 is 9.59 Å². The van der Waals surface area contributed by atoms with E-state index in [4.69, 9.17) is 5.73 Å². The summed E-state index contributed by atoms with van der Waals surface area (Å²) in [4.78, 5) is 23.4. The van der Waals surface area contributed by atoms with Gasteiger partial charge in [0.15, 0.2) is 0 Å². The molecule has 1 rings (SSSR count). The molecule has 104 valence electrons. The molecule has 19 heavy (non-hydrogen) atoms. The third-order valence-electron chi connectivity index (χ3n) is 2.21. The standard InChI is InChI=1S/C14H20N2O2S/c1-14(2,3)8-13(18)16-10-4-6-11(7-5-10)19-9-12(15)17/h4-7H,8-9H2,1-3H3,(H2,15,17)(H,16,18). The Labute approximate surface area is 118 Å². The van der Waals surface area contributed by atoms with Crippen LogP contribution in [0.4, 0.5) is 5.69 Å². The van der Waals surface area contributed by atoms with Gasteiger partial charge in [-0.15, -0.1) is 11.8 Å². The van der Waals surface area contributed by atoms with Crippen molar-refractivity contribution in [2.24, 2.45) is 11.1 Å². The molecule has 3 N–H and O–H groups in total. The van der Waals surface area contributed by atoms with Gasteiger partial charge in [0.25, 0.3) is 0 Å². The van der Waals surface area contributed by atoms with Crippen molar-refractivity contribution in [1.82, 2.24) is 0 Å². The highest BCUT2D eigenvalue weighted by Gasteiger charge is 2.15. The summed E-state index contributed by atoms with van der Waals surface area (Å²) in [6, 6.07) is 7.37. The quantitative estimate of drug-likeness (QED) is 0.814. The lowest BCUT2D eigenvalue weighted by Crippen LogP contribution is -2.19. The molecule has 2 amide bonds. The van der Waals surface area contributed by atoms with Crippen molar-refractivity contribution in [2.45, 2.75) is 32.1 Å². The largest absolute Gasteiger partial charge is 0.369 e. The van der Waals surface area contributed by atoms with Gasteiger partial charge in [-0.1, -0.05) is 20.8 Å². The van der Waals surface area contributed by atoms with E-state index in [0.29, 0.717) is 6.42 Å².